The Morgan fingerprint density at radius 2 is 0.348 bits per heavy atom. The Labute approximate surface area is 432 Å². The molecule has 15 heteroatoms. The molecule has 0 aliphatic rings. The Bertz CT molecular complexity index is 2890. The summed E-state index contributed by atoms with van der Waals surface area (Å²) in [4.78, 5) is 71.1. The molecule has 0 N–H and O–H groups in total. The summed E-state index contributed by atoms with van der Waals surface area (Å²) in [7, 11) is 0. The predicted octanol–water partition coefficient (Wildman–Crippen LogP) is 3.55. The molecule has 0 bridgehead atoms. The number of carboxylic acid groups (broad SMARTS) is 6. The van der Waals surface area contributed by atoms with Crippen LogP contribution in [-0.2, 0) is 58.4 Å². The quantitative estimate of drug-likeness (QED) is 0.160. The summed E-state index contributed by atoms with van der Waals surface area (Å²) in [5, 5.41) is 71.1. The van der Waals surface area contributed by atoms with E-state index in [9.17, 15) is 59.4 Å². The number of rotatable bonds is 12. The van der Waals surface area contributed by atoms with Crippen molar-refractivity contribution in [2.75, 3.05) is 0 Å². The van der Waals surface area contributed by atoms with E-state index < -0.39 is 35.8 Å². The standard InChI is InChI=1S/2C27H18O6.3Zn/c2*28-25(29)21-11-4-1-8-16(21)18-14-7-15-19(17-9-2-5-12-22(17)26(30)31)24(18)20-10-3-6-13-23(20)27(32)33;;;/h2*1-15H,(H,28,29)(H,30,31)(H,32,33);;;/q;;3*+2/p-6. The zero-order valence-corrected chi connectivity index (χ0v) is 45.2. The monoisotopic (exact) mass is 1060 g/mol. The minimum Gasteiger partial charge on any atom is -0.545 e. The Balaban J connectivity index is 0.000000288. The first-order valence-electron chi connectivity index (χ1n) is 19.9. The molecule has 0 atom stereocenters. The van der Waals surface area contributed by atoms with Crippen LogP contribution in [0.15, 0.2) is 182 Å². The largest absolute Gasteiger partial charge is 2.00 e. The van der Waals surface area contributed by atoms with Gasteiger partial charge in [0.15, 0.2) is 0 Å². The van der Waals surface area contributed by atoms with Crippen molar-refractivity contribution in [3.8, 4) is 66.8 Å². The summed E-state index contributed by atoms with van der Waals surface area (Å²) < 4.78 is 0. The van der Waals surface area contributed by atoms with Crippen LogP contribution in [0.1, 0.15) is 62.1 Å². The summed E-state index contributed by atoms with van der Waals surface area (Å²) in [6.45, 7) is 0. The average molecular weight is 1070 g/mol. The molecule has 0 fully saturated rings. The van der Waals surface area contributed by atoms with Crippen LogP contribution in [0.25, 0.3) is 66.8 Å². The van der Waals surface area contributed by atoms with Crippen molar-refractivity contribution < 1.29 is 118 Å². The van der Waals surface area contributed by atoms with Gasteiger partial charge in [-0.2, -0.15) is 0 Å². The number of hydrogen-bond acceptors (Lipinski definition) is 12. The third kappa shape index (κ3) is 11.4. The summed E-state index contributed by atoms with van der Waals surface area (Å²) in [5.74, 6) is -8.44. The topological polar surface area (TPSA) is 241 Å². The second-order valence-corrected chi connectivity index (χ2v) is 14.5. The van der Waals surface area contributed by atoms with Crippen LogP contribution in [0.4, 0.5) is 0 Å². The van der Waals surface area contributed by atoms with Crippen LogP contribution in [0.5, 0.6) is 0 Å². The Hall–Kier alpha value is -7.55. The molecule has 324 valence electrons. The van der Waals surface area contributed by atoms with Crippen molar-refractivity contribution in [1.29, 1.82) is 0 Å². The molecular weight excluding hydrogens is 1040 g/mol. The van der Waals surface area contributed by atoms with E-state index in [1.165, 1.54) is 36.4 Å². The van der Waals surface area contributed by atoms with Gasteiger partial charge in [0.2, 0.25) is 0 Å². The second-order valence-electron chi connectivity index (χ2n) is 14.5. The van der Waals surface area contributed by atoms with E-state index in [4.69, 9.17) is 0 Å². The van der Waals surface area contributed by atoms with Crippen LogP contribution < -0.4 is 30.6 Å². The van der Waals surface area contributed by atoms with Gasteiger partial charge < -0.3 is 59.4 Å². The normalized spacial score (nSPS) is 10.1. The predicted molar refractivity (Wildman–Crippen MR) is 231 cm³/mol. The number of benzene rings is 8. The van der Waals surface area contributed by atoms with Crippen LogP contribution in [0, 0.1) is 0 Å². The van der Waals surface area contributed by atoms with Gasteiger partial charge in [0, 0.05) is 33.4 Å². The third-order valence-electron chi connectivity index (χ3n) is 10.7. The van der Waals surface area contributed by atoms with Crippen molar-refractivity contribution in [2.24, 2.45) is 0 Å². The third-order valence-corrected chi connectivity index (χ3v) is 10.7. The van der Waals surface area contributed by atoms with Gasteiger partial charge in [0.1, 0.15) is 0 Å². The van der Waals surface area contributed by atoms with E-state index in [0.717, 1.165) is 0 Å². The van der Waals surface area contributed by atoms with Gasteiger partial charge in [0.25, 0.3) is 0 Å². The second kappa shape index (κ2) is 23.9. The fourth-order valence-corrected chi connectivity index (χ4v) is 7.92. The van der Waals surface area contributed by atoms with Gasteiger partial charge >= 0.3 is 58.4 Å². The molecule has 0 saturated heterocycles. The van der Waals surface area contributed by atoms with Crippen LogP contribution in [0.2, 0.25) is 0 Å². The number of hydrogen-bond donors (Lipinski definition) is 0. The molecule has 0 aliphatic carbocycles. The summed E-state index contributed by atoms with van der Waals surface area (Å²) in [6.07, 6.45) is 0. The zero-order chi connectivity index (χ0) is 47.1. The molecule has 0 unspecified atom stereocenters. The Kier molecular flexibility index (Phi) is 18.8. The van der Waals surface area contributed by atoms with Crippen LogP contribution in [-0.4, -0.2) is 35.8 Å². The molecule has 0 spiro atoms. The minimum atomic E-state index is -1.42. The van der Waals surface area contributed by atoms with Gasteiger partial charge in [-0.25, -0.2) is 0 Å². The average Bonchev–Trinajstić information content (AvgIpc) is 3.33. The molecule has 0 radical (unpaired) electrons. The first-order chi connectivity index (χ1) is 31.8. The number of carbonyl (C=O) groups excluding carboxylic acids is 6. The smallest absolute Gasteiger partial charge is 0.545 e. The first kappa shape index (κ1) is 54.1. The maximum atomic E-state index is 11.9. The van der Waals surface area contributed by atoms with Crippen LogP contribution in [0.3, 0.4) is 0 Å². The maximum absolute atomic E-state index is 11.9. The SMILES string of the molecule is O=C([O-])c1ccccc1-c1cccc(-c2ccccc2C(=O)[O-])c1-c1ccccc1C(=O)[O-].O=C([O-])c1ccccc1-c1cccc(-c2ccccc2C(=O)[O-])c1-c1ccccc1C(=O)[O-].[Zn+2].[Zn+2].[Zn+2]. The first-order valence-corrected chi connectivity index (χ1v) is 19.9. The molecule has 8 aromatic rings. The number of carboxylic acids is 6. The Morgan fingerprint density at radius 3 is 0.536 bits per heavy atom. The molecule has 0 saturated carbocycles. The molecule has 0 aliphatic heterocycles. The molecule has 0 heterocycles. The van der Waals surface area contributed by atoms with Gasteiger partial charge in [-0.1, -0.05) is 182 Å². The van der Waals surface area contributed by atoms with Crippen molar-refractivity contribution in [3.63, 3.8) is 0 Å². The van der Waals surface area contributed by atoms with Gasteiger partial charge in [-0.3, -0.25) is 0 Å². The number of carbonyl (C=O) groups is 6. The zero-order valence-electron chi connectivity index (χ0n) is 36.3. The van der Waals surface area contributed by atoms with Gasteiger partial charge in [0.05, 0.1) is 35.8 Å². The van der Waals surface area contributed by atoms with E-state index in [0.29, 0.717) is 55.6 Å². The van der Waals surface area contributed by atoms with Crippen molar-refractivity contribution in [1.82, 2.24) is 0 Å². The minimum absolute atomic E-state index is 0. The van der Waals surface area contributed by atoms with Crippen molar-refractivity contribution >= 4 is 35.8 Å². The van der Waals surface area contributed by atoms with E-state index in [2.05, 4.69) is 0 Å². The van der Waals surface area contributed by atoms with Crippen molar-refractivity contribution in [3.05, 3.63) is 215 Å². The number of aromatic carboxylic acids is 6. The molecular formula is C54H30O12Zn3. The molecule has 8 rings (SSSR count). The summed E-state index contributed by atoms with van der Waals surface area (Å²) in [6, 6.07) is 46.8. The Morgan fingerprint density at radius 1 is 0.203 bits per heavy atom. The molecule has 0 amide bonds. The van der Waals surface area contributed by atoms with E-state index in [1.54, 1.807) is 146 Å². The van der Waals surface area contributed by atoms with Gasteiger partial charge in [-0.15, -0.1) is 0 Å². The molecule has 8 aromatic carbocycles. The summed E-state index contributed by atoms with van der Waals surface area (Å²) >= 11 is 0. The molecule has 12 nitrogen and oxygen atoms in total. The maximum Gasteiger partial charge on any atom is 2.00 e. The summed E-state index contributed by atoms with van der Waals surface area (Å²) in [5.41, 5.74) is 3.39. The fourth-order valence-electron chi connectivity index (χ4n) is 7.92. The van der Waals surface area contributed by atoms with E-state index in [1.807, 2.05) is 0 Å². The van der Waals surface area contributed by atoms with E-state index >= 15 is 0 Å². The molecule has 0 aromatic heterocycles. The van der Waals surface area contributed by atoms with E-state index in [-0.39, 0.29) is 103 Å². The molecule has 69 heavy (non-hydrogen) atoms. The van der Waals surface area contributed by atoms with Crippen LogP contribution >= 0.6 is 0 Å². The fraction of sp³-hybridized carbons (Fsp3) is 0. The van der Waals surface area contributed by atoms with Crippen molar-refractivity contribution in [2.45, 2.75) is 0 Å². The van der Waals surface area contributed by atoms with Gasteiger partial charge in [-0.05, 0) is 66.8 Å².